The summed E-state index contributed by atoms with van der Waals surface area (Å²) in [4.78, 5) is 0. The van der Waals surface area contributed by atoms with E-state index in [-0.39, 0.29) is 0 Å². The van der Waals surface area contributed by atoms with Crippen LogP contribution in [-0.4, -0.2) is 0 Å². The van der Waals surface area contributed by atoms with Gasteiger partial charge >= 0.3 is 0 Å². The Morgan fingerprint density at radius 2 is 0.929 bits per heavy atom. The first-order chi connectivity index (χ1) is 19.9. The highest BCUT2D eigenvalue weighted by atomic mass is 14.1. The first-order valence-corrected chi connectivity index (χ1v) is 17.1. The van der Waals surface area contributed by atoms with Gasteiger partial charge in [-0.3, -0.25) is 0 Å². The third kappa shape index (κ3) is 21.4. The number of hydrogen-bond acceptors (Lipinski definition) is 0. The Balaban J connectivity index is 0. The molecular formula is C42H70. The molecule has 0 aromatic heterocycles. The van der Waals surface area contributed by atoms with Crippen molar-refractivity contribution in [1.82, 2.24) is 0 Å². The van der Waals surface area contributed by atoms with Crippen molar-refractivity contribution >= 4 is 0 Å². The number of benzene rings is 3. The average Bonchev–Trinajstić information content (AvgIpc) is 2.94. The topological polar surface area (TPSA) is 0 Å². The van der Waals surface area contributed by atoms with Crippen LogP contribution in [0.4, 0.5) is 0 Å². The Hall–Kier alpha value is -2.34. The highest BCUT2D eigenvalue weighted by Gasteiger charge is 1.99. The summed E-state index contributed by atoms with van der Waals surface area (Å²) < 4.78 is 0. The molecule has 1 unspecified atom stereocenters. The van der Waals surface area contributed by atoms with Gasteiger partial charge in [-0.1, -0.05) is 171 Å². The van der Waals surface area contributed by atoms with E-state index in [2.05, 4.69) is 152 Å². The largest absolute Gasteiger partial charge is 0.0654 e. The van der Waals surface area contributed by atoms with Crippen LogP contribution in [0.25, 0.3) is 0 Å². The highest BCUT2D eigenvalue weighted by Crippen LogP contribution is 2.16. The lowest BCUT2D eigenvalue weighted by atomic mass is 9.98. The van der Waals surface area contributed by atoms with Gasteiger partial charge in [0, 0.05) is 0 Å². The Morgan fingerprint density at radius 3 is 1.24 bits per heavy atom. The molecule has 0 heteroatoms. The maximum absolute atomic E-state index is 2.31. The fourth-order valence-corrected chi connectivity index (χ4v) is 4.91. The van der Waals surface area contributed by atoms with Gasteiger partial charge in [-0.2, -0.15) is 0 Å². The number of rotatable bonds is 8. The predicted octanol–water partition coefficient (Wildman–Crippen LogP) is 13.6. The number of unbranched alkanes of at least 4 members (excludes halogenated alkanes) is 2. The van der Waals surface area contributed by atoms with E-state index >= 15 is 0 Å². The lowest BCUT2D eigenvalue weighted by Gasteiger charge is -2.08. The molecule has 0 aliphatic rings. The molecule has 0 fully saturated rings. The van der Waals surface area contributed by atoms with Crippen LogP contribution in [-0.2, 0) is 19.3 Å². The second-order valence-corrected chi connectivity index (χ2v) is 12.1. The van der Waals surface area contributed by atoms with Crippen molar-refractivity contribution in [2.24, 2.45) is 5.92 Å². The van der Waals surface area contributed by atoms with Gasteiger partial charge < -0.3 is 0 Å². The first kappa shape index (κ1) is 41.8. The summed E-state index contributed by atoms with van der Waals surface area (Å²) in [6.45, 7) is 30.7. The van der Waals surface area contributed by atoms with Crippen LogP contribution in [0.2, 0.25) is 0 Å². The summed E-state index contributed by atoms with van der Waals surface area (Å²) in [5.41, 5.74) is 12.7. The molecule has 3 aromatic rings. The first-order valence-electron chi connectivity index (χ1n) is 17.1. The molecule has 1 atom stereocenters. The second kappa shape index (κ2) is 26.3. The minimum Gasteiger partial charge on any atom is -0.0654 e. The minimum atomic E-state index is 0.949. The van der Waals surface area contributed by atoms with Gasteiger partial charge in [0.25, 0.3) is 0 Å². The van der Waals surface area contributed by atoms with E-state index in [0.717, 1.165) is 25.2 Å². The van der Waals surface area contributed by atoms with Crippen molar-refractivity contribution in [2.75, 3.05) is 0 Å². The van der Waals surface area contributed by atoms with Gasteiger partial charge in [0.05, 0.1) is 0 Å². The van der Waals surface area contributed by atoms with Crippen LogP contribution in [0.3, 0.4) is 0 Å². The van der Waals surface area contributed by atoms with Crippen LogP contribution in [0.15, 0.2) is 54.6 Å². The summed E-state index contributed by atoms with van der Waals surface area (Å²) in [6.07, 6.45) is 11.6. The maximum Gasteiger partial charge on any atom is -0.0302 e. The molecule has 3 rings (SSSR count). The average molecular weight is 575 g/mol. The quantitative estimate of drug-likeness (QED) is 0.251. The van der Waals surface area contributed by atoms with E-state index in [4.69, 9.17) is 0 Å². The molecule has 0 bridgehead atoms. The van der Waals surface area contributed by atoms with Crippen LogP contribution in [0, 0.1) is 47.5 Å². The maximum atomic E-state index is 2.31. The Morgan fingerprint density at radius 1 is 0.476 bits per heavy atom. The van der Waals surface area contributed by atoms with E-state index in [1.807, 2.05) is 0 Å². The van der Waals surface area contributed by atoms with Crippen LogP contribution < -0.4 is 0 Å². The van der Waals surface area contributed by atoms with Crippen molar-refractivity contribution in [1.29, 1.82) is 0 Å². The molecule has 0 saturated heterocycles. The third-order valence-electron chi connectivity index (χ3n) is 7.60. The van der Waals surface area contributed by atoms with Gasteiger partial charge in [-0.25, -0.2) is 0 Å². The monoisotopic (exact) mass is 575 g/mol. The standard InChI is InChI=1S/C11H16.C10H14.C9H12.C7H16.C5H12/c1-5-11-9(3)6-8(2)7-10(11)4;1-4-10-6-8(2)5-9(3)7-10;1-3-9-6-4-8(2)5-7-9;1-4-6-7(3)5-2;1-3-5-4-2/h6-7H,5H2,1-4H3;5-7H,4H2,1-3H3;4-7H,3H2,1-2H3;7H,4-6H2,1-3H3;3-5H2,1-2H3. The fourth-order valence-electron chi connectivity index (χ4n) is 4.91. The lowest BCUT2D eigenvalue weighted by molar-refractivity contribution is 0.509. The molecule has 0 aliphatic heterocycles. The van der Waals surface area contributed by atoms with Crippen LogP contribution >= 0.6 is 0 Å². The van der Waals surface area contributed by atoms with Gasteiger partial charge in [0.15, 0.2) is 0 Å². The Kier molecular flexibility index (Phi) is 26.2. The molecule has 0 heterocycles. The normalized spacial score (nSPS) is 10.4. The van der Waals surface area contributed by atoms with E-state index in [0.29, 0.717) is 0 Å². The van der Waals surface area contributed by atoms with Crippen LogP contribution in [0.1, 0.15) is 144 Å². The summed E-state index contributed by atoms with van der Waals surface area (Å²) in [5, 5.41) is 0. The molecule has 0 amide bonds. The number of aryl methyl sites for hydroxylation is 8. The summed E-state index contributed by atoms with van der Waals surface area (Å²) in [7, 11) is 0. The highest BCUT2D eigenvalue weighted by molar-refractivity contribution is 5.37. The smallest absolute Gasteiger partial charge is 0.0302 e. The molecule has 238 valence electrons. The number of hydrogen-bond donors (Lipinski definition) is 0. The molecule has 42 heavy (non-hydrogen) atoms. The Labute approximate surface area is 264 Å². The summed E-state index contributed by atoms with van der Waals surface area (Å²) >= 11 is 0. The Bertz CT molecular complexity index is 993. The van der Waals surface area contributed by atoms with E-state index in [1.165, 1.54) is 88.6 Å². The zero-order chi connectivity index (χ0) is 32.5. The van der Waals surface area contributed by atoms with Crippen molar-refractivity contribution < 1.29 is 0 Å². The van der Waals surface area contributed by atoms with Crippen molar-refractivity contribution in [2.45, 2.75) is 155 Å². The fraction of sp³-hybridized carbons (Fsp3) is 0.571. The SMILES string of the molecule is CCCC(C)CC.CCCCC.CCc1c(C)cc(C)cc1C.CCc1cc(C)cc(C)c1.CCc1ccc(C)cc1. The molecule has 0 N–H and O–H groups in total. The molecule has 0 radical (unpaired) electrons. The molecule has 3 aromatic carbocycles. The summed E-state index contributed by atoms with van der Waals surface area (Å²) in [6, 6.07) is 19.9. The lowest BCUT2D eigenvalue weighted by Crippen LogP contribution is -1.92. The van der Waals surface area contributed by atoms with Gasteiger partial charge in [0.1, 0.15) is 0 Å². The van der Waals surface area contributed by atoms with Crippen molar-refractivity contribution in [3.8, 4) is 0 Å². The van der Waals surface area contributed by atoms with E-state index in [9.17, 15) is 0 Å². The zero-order valence-corrected chi connectivity index (χ0v) is 30.6. The van der Waals surface area contributed by atoms with E-state index < -0.39 is 0 Å². The van der Waals surface area contributed by atoms with Crippen molar-refractivity contribution in [3.63, 3.8) is 0 Å². The third-order valence-corrected chi connectivity index (χ3v) is 7.60. The minimum absolute atomic E-state index is 0.949. The summed E-state index contributed by atoms with van der Waals surface area (Å²) in [5.74, 6) is 0.949. The van der Waals surface area contributed by atoms with Gasteiger partial charge in [0.2, 0.25) is 0 Å². The van der Waals surface area contributed by atoms with Crippen LogP contribution in [0.5, 0.6) is 0 Å². The molecular weight excluding hydrogens is 504 g/mol. The predicted molar refractivity (Wildman–Crippen MR) is 195 cm³/mol. The zero-order valence-electron chi connectivity index (χ0n) is 30.6. The van der Waals surface area contributed by atoms with E-state index in [1.54, 1.807) is 0 Å². The van der Waals surface area contributed by atoms with Gasteiger partial charge in [-0.15, -0.1) is 0 Å². The second-order valence-electron chi connectivity index (χ2n) is 12.1. The van der Waals surface area contributed by atoms with Gasteiger partial charge in [-0.05, 0) is 94.5 Å². The molecule has 0 aliphatic carbocycles. The molecule has 0 nitrogen and oxygen atoms in total. The molecule has 0 saturated carbocycles. The molecule has 0 spiro atoms. The van der Waals surface area contributed by atoms with Crippen molar-refractivity contribution in [3.05, 3.63) is 105 Å².